The van der Waals surface area contributed by atoms with Crippen molar-refractivity contribution in [2.45, 2.75) is 0 Å². The summed E-state index contributed by atoms with van der Waals surface area (Å²) in [6.07, 6.45) is 1.04. The van der Waals surface area contributed by atoms with E-state index in [-0.39, 0.29) is 27.8 Å². The van der Waals surface area contributed by atoms with Crippen LogP contribution in [-0.4, -0.2) is 15.1 Å². The van der Waals surface area contributed by atoms with Gasteiger partial charge in [-0.25, -0.2) is 23.1 Å². The number of hydrogen-bond acceptors (Lipinski definition) is 4. The Morgan fingerprint density at radius 3 is 2.55 bits per heavy atom. The Balaban J connectivity index is 2.47. The maximum absolute atomic E-state index is 14.2. The van der Waals surface area contributed by atoms with Crippen LogP contribution >= 0.6 is 11.6 Å². The van der Waals surface area contributed by atoms with E-state index in [1.54, 1.807) is 0 Å². The SMILES string of the molecule is Nc1ncnc2c(-c3ccc(F)c(Cl)c3F)c(F)cc(O)c12. The third-order valence-corrected chi connectivity index (χ3v) is 3.52. The van der Waals surface area contributed by atoms with E-state index in [2.05, 4.69) is 9.97 Å². The summed E-state index contributed by atoms with van der Waals surface area (Å²) in [5.74, 6) is -3.64. The van der Waals surface area contributed by atoms with Crippen LogP contribution in [0.3, 0.4) is 0 Å². The van der Waals surface area contributed by atoms with Crippen molar-refractivity contribution in [2.24, 2.45) is 0 Å². The van der Waals surface area contributed by atoms with Gasteiger partial charge in [0.15, 0.2) is 5.82 Å². The molecule has 0 aliphatic carbocycles. The zero-order valence-electron chi connectivity index (χ0n) is 10.7. The molecule has 0 fully saturated rings. The number of nitrogens with two attached hydrogens (primary N) is 1. The Morgan fingerprint density at radius 2 is 1.82 bits per heavy atom. The molecule has 1 aromatic heterocycles. The predicted molar refractivity (Wildman–Crippen MR) is 75.9 cm³/mol. The molecule has 0 radical (unpaired) electrons. The average Bonchev–Trinajstić information content (AvgIpc) is 2.46. The summed E-state index contributed by atoms with van der Waals surface area (Å²) < 4.78 is 41.7. The van der Waals surface area contributed by atoms with Crippen LogP contribution in [0.4, 0.5) is 19.0 Å². The van der Waals surface area contributed by atoms with Gasteiger partial charge < -0.3 is 10.8 Å². The number of phenolic OH excluding ortho intramolecular Hbond substituents is 1. The van der Waals surface area contributed by atoms with Gasteiger partial charge in [-0.2, -0.15) is 0 Å². The highest BCUT2D eigenvalue weighted by Crippen LogP contribution is 2.39. The highest BCUT2D eigenvalue weighted by molar-refractivity contribution is 6.31. The van der Waals surface area contributed by atoms with E-state index in [0.717, 1.165) is 24.5 Å². The Kier molecular flexibility index (Phi) is 3.29. The first kappa shape index (κ1) is 14.4. The van der Waals surface area contributed by atoms with Gasteiger partial charge in [0, 0.05) is 17.2 Å². The van der Waals surface area contributed by atoms with E-state index >= 15 is 0 Å². The summed E-state index contributed by atoms with van der Waals surface area (Å²) in [7, 11) is 0. The fourth-order valence-electron chi connectivity index (χ4n) is 2.19. The molecule has 3 rings (SSSR count). The molecule has 1 heterocycles. The minimum Gasteiger partial charge on any atom is -0.507 e. The fraction of sp³-hybridized carbons (Fsp3) is 0. The van der Waals surface area contributed by atoms with Crippen molar-refractivity contribution in [1.29, 1.82) is 0 Å². The smallest absolute Gasteiger partial charge is 0.152 e. The Bertz CT molecular complexity index is 918. The van der Waals surface area contributed by atoms with E-state index in [0.29, 0.717) is 0 Å². The van der Waals surface area contributed by atoms with E-state index in [1.807, 2.05) is 0 Å². The number of halogens is 4. The number of aromatic hydroxyl groups is 1. The van der Waals surface area contributed by atoms with E-state index in [4.69, 9.17) is 17.3 Å². The van der Waals surface area contributed by atoms with E-state index in [1.165, 1.54) is 0 Å². The zero-order chi connectivity index (χ0) is 16.0. The number of nitrogens with zero attached hydrogens (tertiary/aromatic N) is 2. The minimum atomic E-state index is -1.13. The zero-order valence-corrected chi connectivity index (χ0v) is 11.5. The second-order valence-electron chi connectivity index (χ2n) is 4.46. The van der Waals surface area contributed by atoms with Crippen molar-refractivity contribution in [3.8, 4) is 16.9 Å². The van der Waals surface area contributed by atoms with E-state index < -0.39 is 28.2 Å². The van der Waals surface area contributed by atoms with Gasteiger partial charge >= 0.3 is 0 Å². The van der Waals surface area contributed by atoms with Crippen molar-refractivity contribution < 1.29 is 18.3 Å². The highest BCUT2D eigenvalue weighted by atomic mass is 35.5. The number of anilines is 1. The number of hydrogen-bond donors (Lipinski definition) is 2. The molecule has 0 aliphatic rings. The molecular formula is C14H7ClF3N3O. The largest absolute Gasteiger partial charge is 0.507 e. The quantitative estimate of drug-likeness (QED) is 0.670. The first-order chi connectivity index (χ1) is 10.4. The van der Waals surface area contributed by atoms with Crippen LogP contribution in [-0.2, 0) is 0 Å². The second-order valence-corrected chi connectivity index (χ2v) is 4.84. The number of nitrogen functional groups attached to an aromatic ring is 1. The molecule has 0 aliphatic heterocycles. The molecule has 112 valence electrons. The van der Waals surface area contributed by atoms with Gasteiger partial charge in [-0.15, -0.1) is 0 Å². The lowest BCUT2D eigenvalue weighted by atomic mass is 10.00. The van der Waals surface area contributed by atoms with Crippen LogP contribution in [0.5, 0.6) is 5.75 Å². The first-order valence-corrected chi connectivity index (χ1v) is 6.35. The van der Waals surface area contributed by atoms with Crippen molar-refractivity contribution in [1.82, 2.24) is 9.97 Å². The molecule has 0 saturated carbocycles. The lowest BCUT2D eigenvalue weighted by molar-refractivity contribution is 0.476. The van der Waals surface area contributed by atoms with Gasteiger partial charge in [0.05, 0.1) is 10.9 Å². The van der Waals surface area contributed by atoms with Crippen molar-refractivity contribution in [3.63, 3.8) is 0 Å². The maximum Gasteiger partial charge on any atom is 0.152 e. The van der Waals surface area contributed by atoms with Gasteiger partial charge in [-0.1, -0.05) is 11.6 Å². The minimum absolute atomic E-state index is 0.0289. The molecule has 0 amide bonds. The molecule has 0 spiro atoms. The lowest BCUT2D eigenvalue weighted by Gasteiger charge is -2.12. The van der Waals surface area contributed by atoms with Gasteiger partial charge in [-0.05, 0) is 12.1 Å². The number of phenols is 1. The Morgan fingerprint density at radius 1 is 1.09 bits per heavy atom. The molecule has 0 bridgehead atoms. The van der Waals surface area contributed by atoms with Gasteiger partial charge in [0.25, 0.3) is 0 Å². The Hall–Kier alpha value is -2.54. The normalized spacial score (nSPS) is 11.1. The summed E-state index contributed by atoms with van der Waals surface area (Å²) >= 11 is 5.52. The van der Waals surface area contributed by atoms with Crippen LogP contribution in [0.25, 0.3) is 22.0 Å². The first-order valence-electron chi connectivity index (χ1n) is 5.97. The van der Waals surface area contributed by atoms with Gasteiger partial charge in [0.1, 0.15) is 34.6 Å². The highest BCUT2D eigenvalue weighted by Gasteiger charge is 2.22. The Labute approximate surface area is 127 Å². The summed E-state index contributed by atoms with van der Waals surface area (Å²) in [5, 5.41) is 9.00. The number of fused-ring (bicyclic) bond motifs is 1. The van der Waals surface area contributed by atoms with Crippen molar-refractivity contribution in [2.75, 3.05) is 5.73 Å². The molecule has 3 aromatic rings. The topological polar surface area (TPSA) is 72.0 Å². The maximum atomic E-state index is 14.2. The standard InChI is InChI=1S/C14H7ClF3N3O/c15-11-6(16)2-1-5(12(11)18)9-7(17)3-8(22)10-13(9)20-4-21-14(10)19/h1-4,22H,(H2,19,20,21). The summed E-state index contributed by atoms with van der Waals surface area (Å²) in [5.41, 5.74) is 4.94. The van der Waals surface area contributed by atoms with Crippen molar-refractivity contribution in [3.05, 3.63) is 47.0 Å². The summed E-state index contributed by atoms with van der Waals surface area (Å²) in [4.78, 5) is 7.53. The van der Waals surface area contributed by atoms with Crippen LogP contribution in [0.2, 0.25) is 5.02 Å². The third kappa shape index (κ3) is 2.01. The third-order valence-electron chi connectivity index (χ3n) is 3.18. The van der Waals surface area contributed by atoms with Crippen LogP contribution in [0.15, 0.2) is 24.5 Å². The van der Waals surface area contributed by atoms with Gasteiger partial charge in [-0.3, -0.25) is 0 Å². The monoisotopic (exact) mass is 325 g/mol. The van der Waals surface area contributed by atoms with E-state index in [9.17, 15) is 18.3 Å². The molecule has 8 heteroatoms. The second kappa shape index (κ2) is 5.03. The molecule has 3 N–H and O–H groups in total. The predicted octanol–water partition coefficient (Wildman–Crippen LogP) is 3.66. The molecule has 2 aromatic carbocycles. The molecule has 0 unspecified atom stereocenters. The number of benzene rings is 2. The van der Waals surface area contributed by atoms with Crippen LogP contribution in [0.1, 0.15) is 0 Å². The van der Waals surface area contributed by atoms with Crippen LogP contribution in [0, 0.1) is 17.5 Å². The van der Waals surface area contributed by atoms with Gasteiger partial charge in [0.2, 0.25) is 0 Å². The number of aromatic nitrogens is 2. The van der Waals surface area contributed by atoms with Crippen molar-refractivity contribution >= 4 is 28.3 Å². The molecule has 4 nitrogen and oxygen atoms in total. The fourth-order valence-corrected chi connectivity index (χ4v) is 2.36. The molecule has 0 saturated heterocycles. The summed E-state index contributed by atoms with van der Waals surface area (Å²) in [6.45, 7) is 0. The lowest BCUT2D eigenvalue weighted by Crippen LogP contribution is -1.99. The van der Waals surface area contributed by atoms with Crippen LogP contribution < -0.4 is 5.73 Å². The average molecular weight is 326 g/mol. The molecule has 0 atom stereocenters. The summed E-state index contributed by atoms with van der Waals surface area (Å²) in [6, 6.07) is 2.70. The number of rotatable bonds is 1. The molecule has 22 heavy (non-hydrogen) atoms. The molecular weight excluding hydrogens is 319 g/mol.